The molecule has 8 heteroatoms. The second-order valence-corrected chi connectivity index (χ2v) is 8.26. The number of benzene rings is 2. The van der Waals surface area contributed by atoms with Gasteiger partial charge in [0.15, 0.2) is 0 Å². The van der Waals surface area contributed by atoms with Crippen molar-refractivity contribution in [2.75, 3.05) is 42.8 Å². The zero-order chi connectivity index (χ0) is 18.0. The van der Waals surface area contributed by atoms with E-state index < -0.39 is 15.8 Å². The Bertz CT molecular complexity index is 851. The third kappa shape index (κ3) is 4.23. The molecule has 0 amide bonds. The van der Waals surface area contributed by atoms with Crippen LogP contribution in [0.25, 0.3) is 0 Å². The number of anilines is 2. The number of rotatable bonds is 4. The standard InChI is InChI=1S/C17H19ClFN3O2S/c1-21-8-10-22(11-9-21)14-4-2-13(3-5-14)20-25(23,24)15-6-7-17(19)16(18)12-15/h2-7,12,20H,8-11H2,1H3/p+1. The molecular formula is C17H20ClFN3O2S+. The van der Waals surface area contributed by atoms with Gasteiger partial charge < -0.3 is 9.80 Å². The number of hydrogen-bond acceptors (Lipinski definition) is 3. The molecule has 0 atom stereocenters. The molecule has 0 spiro atoms. The highest BCUT2D eigenvalue weighted by molar-refractivity contribution is 7.92. The van der Waals surface area contributed by atoms with Gasteiger partial charge in [-0.3, -0.25) is 4.72 Å². The molecule has 1 heterocycles. The average molecular weight is 385 g/mol. The van der Waals surface area contributed by atoms with Gasteiger partial charge in [-0.25, -0.2) is 12.8 Å². The SMILES string of the molecule is C[NH+]1CCN(c2ccc(NS(=O)(=O)c3ccc(F)c(Cl)c3)cc2)CC1. The summed E-state index contributed by atoms with van der Waals surface area (Å²) in [5.41, 5.74) is 1.52. The third-order valence-electron chi connectivity index (χ3n) is 4.30. The van der Waals surface area contributed by atoms with E-state index in [0.717, 1.165) is 44.0 Å². The van der Waals surface area contributed by atoms with Crippen molar-refractivity contribution in [3.63, 3.8) is 0 Å². The minimum atomic E-state index is -3.82. The number of quaternary nitrogens is 1. The summed E-state index contributed by atoms with van der Waals surface area (Å²) < 4.78 is 40.5. The maximum Gasteiger partial charge on any atom is 0.261 e. The Kier molecular flexibility index (Phi) is 5.17. The van der Waals surface area contributed by atoms with Gasteiger partial charge in [-0.1, -0.05) is 11.6 Å². The average Bonchev–Trinajstić information content (AvgIpc) is 2.58. The number of sulfonamides is 1. The number of hydrogen-bond donors (Lipinski definition) is 2. The minimum absolute atomic E-state index is 0.0787. The van der Waals surface area contributed by atoms with E-state index in [9.17, 15) is 12.8 Å². The molecule has 0 aliphatic carbocycles. The summed E-state index contributed by atoms with van der Waals surface area (Å²) in [6.45, 7) is 4.12. The van der Waals surface area contributed by atoms with Gasteiger partial charge >= 0.3 is 0 Å². The van der Waals surface area contributed by atoms with Crippen LogP contribution in [0.5, 0.6) is 0 Å². The Morgan fingerprint density at radius 2 is 1.76 bits per heavy atom. The van der Waals surface area contributed by atoms with Crippen LogP contribution in [0.3, 0.4) is 0 Å². The van der Waals surface area contributed by atoms with E-state index in [1.54, 1.807) is 12.1 Å². The second kappa shape index (κ2) is 7.19. The Labute approximate surface area is 152 Å². The van der Waals surface area contributed by atoms with Crippen LogP contribution in [0.15, 0.2) is 47.4 Å². The lowest BCUT2D eigenvalue weighted by Gasteiger charge is -2.31. The van der Waals surface area contributed by atoms with Crippen LogP contribution in [0.1, 0.15) is 0 Å². The van der Waals surface area contributed by atoms with Crippen LogP contribution in [0, 0.1) is 5.82 Å². The van der Waals surface area contributed by atoms with Gasteiger partial charge in [0.05, 0.1) is 43.1 Å². The summed E-state index contributed by atoms with van der Waals surface area (Å²) in [5.74, 6) is -0.654. The molecule has 1 fully saturated rings. The number of nitrogens with one attached hydrogen (secondary N) is 2. The highest BCUT2D eigenvalue weighted by atomic mass is 35.5. The molecule has 25 heavy (non-hydrogen) atoms. The molecule has 2 aromatic carbocycles. The van der Waals surface area contributed by atoms with Crippen molar-refractivity contribution >= 4 is 33.0 Å². The molecule has 3 rings (SSSR count). The van der Waals surface area contributed by atoms with Crippen molar-refractivity contribution < 1.29 is 17.7 Å². The van der Waals surface area contributed by atoms with Gasteiger partial charge in [-0.05, 0) is 42.5 Å². The van der Waals surface area contributed by atoms with Crippen molar-refractivity contribution in [3.8, 4) is 0 Å². The normalized spacial score (nSPS) is 16.0. The summed E-state index contributed by atoms with van der Waals surface area (Å²) in [5, 5.41) is -0.226. The molecule has 0 unspecified atom stereocenters. The van der Waals surface area contributed by atoms with Crippen molar-refractivity contribution in [1.82, 2.24) is 0 Å². The molecule has 1 aliphatic heterocycles. The monoisotopic (exact) mass is 384 g/mol. The summed E-state index contributed by atoms with van der Waals surface area (Å²) in [4.78, 5) is 3.72. The van der Waals surface area contributed by atoms with E-state index in [1.165, 1.54) is 11.0 Å². The van der Waals surface area contributed by atoms with E-state index in [-0.39, 0.29) is 9.92 Å². The first-order valence-corrected chi connectivity index (χ1v) is 9.85. The largest absolute Gasteiger partial charge is 0.360 e. The van der Waals surface area contributed by atoms with Gasteiger partial charge in [0.2, 0.25) is 0 Å². The fourth-order valence-corrected chi connectivity index (χ4v) is 4.07. The summed E-state index contributed by atoms with van der Waals surface area (Å²) >= 11 is 5.67. The third-order valence-corrected chi connectivity index (χ3v) is 5.97. The fourth-order valence-electron chi connectivity index (χ4n) is 2.75. The lowest BCUT2D eigenvalue weighted by molar-refractivity contribution is -0.880. The highest BCUT2D eigenvalue weighted by Crippen LogP contribution is 2.23. The maximum absolute atomic E-state index is 13.2. The number of nitrogens with zero attached hydrogens (tertiary/aromatic N) is 1. The Morgan fingerprint density at radius 1 is 1.12 bits per heavy atom. The number of halogens is 2. The van der Waals surface area contributed by atoms with E-state index >= 15 is 0 Å². The summed E-state index contributed by atoms with van der Waals surface area (Å²) in [7, 11) is -1.64. The van der Waals surface area contributed by atoms with Crippen LogP contribution in [0.4, 0.5) is 15.8 Å². The van der Waals surface area contributed by atoms with Gasteiger partial charge in [0.25, 0.3) is 10.0 Å². The number of piperazine rings is 1. The summed E-state index contributed by atoms with van der Waals surface area (Å²) in [6, 6.07) is 10.6. The van der Waals surface area contributed by atoms with Gasteiger partial charge in [0, 0.05) is 11.4 Å². The molecule has 1 aliphatic rings. The lowest BCUT2D eigenvalue weighted by Crippen LogP contribution is -3.12. The minimum Gasteiger partial charge on any atom is -0.360 e. The van der Waals surface area contributed by atoms with E-state index in [0.29, 0.717) is 5.69 Å². The van der Waals surface area contributed by atoms with Gasteiger partial charge in [0.1, 0.15) is 5.82 Å². The Hall–Kier alpha value is -1.83. The van der Waals surface area contributed by atoms with Crippen molar-refractivity contribution in [3.05, 3.63) is 53.3 Å². The topological polar surface area (TPSA) is 53.9 Å². The zero-order valence-corrected chi connectivity index (χ0v) is 15.4. The van der Waals surface area contributed by atoms with Crippen molar-refractivity contribution in [2.24, 2.45) is 0 Å². The van der Waals surface area contributed by atoms with E-state index in [4.69, 9.17) is 11.6 Å². The molecule has 0 saturated carbocycles. The van der Waals surface area contributed by atoms with Crippen LogP contribution >= 0.6 is 11.6 Å². The number of likely N-dealkylation sites (N-methyl/N-ethyl adjacent to an activating group) is 1. The molecule has 0 bridgehead atoms. The Morgan fingerprint density at radius 3 is 2.36 bits per heavy atom. The predicted octanol–water partition coefficient (Wildman–Crippen LogP) is 1.61. The van der Waals surface area contributed by atoms with Crippen molar-refractivity contribution in [2.45, 2.75) is 4.90 Å². The molecule has 1 saturated heterocycles. The lowest BCUT2D eigenvalue weighted by atomic mass is 10.2. The second-order valence-electron chi connectivity index (χ2n) is 6.17. The predicted molar refractivity (Wildman–Crippen MR) is 97.5 cm³/mol. The van der Waals surface area contributed by atoms with Crippen LogP contribution < -0.4 is 14.5 Å². The summed E-state index contributed by atoms with van der Waals surface area (Å²) in [6.07, 6.45) is 0. The maximum atomic E-state index is 13.2. The van der Waals surface area contributed by atoms with Crippen molar-refractivity contribution in [1.29, 1.82) is 0 Å². The molecule has 2 aromatic rings. The molecule has 134 valence electrons. The highest BCUT2D eigenvalue weighted by Gasteiger charge is 2.18. The Balaban J connectivity index is 1.73. The smallest absolute Gasteiger partial charge is 0.261 e. The molecule has 5 nitrogen and oxygen atoms in total. The molecule has 0 aromatic heterocycles. The zero-order valence-electron chi connectivity index (χ0n) is 13.8. The first-order valence-electron chi connectivity index (χ1n) is 7.99. The quantitative estimate of drug-likeness (QED) is 0.842. The molecule has 0 radical (unpaired) electrons. The van der Waals surface area contributed by atoms with Gasteiger partial charge in [-0.15, -0.1) is 0 Å². The van der Waals surface area contributed by atoms with Crippen LogP contribution in [0.2, 0.25) is 5.02 Å². The molecule has 2 N–H and O–H groups in total. The van der Waals surface area contributed by atoms with Gasteiger partial charge in [-0.2, -0.15) is 0 Å². The van der Waals surface area contributed by atoms with E-state index in [1.807, 2.05) is 12.1 Å². The van der Waals surface area contributed by atoms with Crippen LogP contribution in [-0.2, 0) is 10.0 Å². The van der Waals surface area contributed by atoms with Crippen LogP contribution in [-0.4, -0.2) is 41.6 Å². The van der Waals surface area contributed by atoms with E-state index in [2.05, 4.69) is 16.7 Å². The fraction of sp³-hybridized carbons (Fsp3) is 0.294. The first-order chi connectivity index (χ1) is 11.8. The first kappa shape index (κ1) is 18.0. The molecular weight excluding hydrogens is 365 g/mol.